The lowest BCUT2D eigenvalue weighted by Crippen LogP contribution is -2.27. The number of ether oxygens (including phenoxy) is 2. The molecule has 0 radical (unpaired) electrons. The molecule has 7 heteroatoms. The van der Waals surface area contributed by atoms with Crippen LogP contribution in [0.15, 0.2) is 60.0 Å². The molecule has 3 rings (SSSR count). The molecule has 1 saturated heterocycles. The Bertz CT molecular complexity index is 940. The molecule has 0 aromatic heterocycles. The van der Waals surface area contributed by atoms with Crippen LogP contribution in [0.5, 0.6) is 11.5 Å². The Hall–Kier alpha value is -2.70. The zero-order valence-electron chi connectivity index (χ0n) is 15.2. The second-order valence-corrected chi connectivity index (χ2v) is 7.16. The summed E-state index contributed by atoms with van der Waals surface area (Å²) in [5, 5.41) is 0.183. The Balaban J connectivity index is 1.87. The molecule has 2 aromatic rings. The largest absolute Gasteiger partial charge is 0.490 e. The van der Waals surface area contributed by atoms with Gasteiger partial charge >= 0.3 is 0 Å². The van der Waals surface area contributed by atoms with Crippen LogP contribution in [0.25, 0.3) is 6.08 Å². The van der Waals surface area contributed by atoms with Gasteiger partial charge in [0.25, 0.3) is 11.1 Å². The molecular weight excluding hydrogens is 398 g/mol. The smallest absolute Gasteiger partial charge is 0.298 e. The minimum absolute atomic E-state index is 0.335. The maximum Gasteiger partial charge on any atom is 0.298 e. The van der Waals surface area contributed by atoms with Crippen molar-refractivity contribution in [1.82, 2.24) is 0 Å². The van der Waals surface area contributed by atoms with Gasteiger partial charge in [-0.1, -0.05) is 30.3 Å². The highest BCUT2D eigenvalue weighted by Gasteiger charge is 2.36. The van der Waals surface area contributed by atoms with E-state index in [1.165, 1.54) is 0 Å². The van der Waals surface area contributed by atoms with Crippen molar-refractivity contribution in [2.45, 2.75) is 6.92 Å². The Morgan fingerprint density at radius 2 is 1.86 bits per heavy atom. The number of halogens is 1. The molecule has 0 aliphatic carbocycles. The molecule has 0 N–H and O–H groups in total. The molecule has 1 heterocycles. The Labute approximate surface area is 172 Å². The van der Waals surface area contributed by atoms with Crippen LogP contribution in [0.1, 0.15) is 12.5 Å². The number of carbonyl (C=O) groups is 2. The normalized spacial score (nSPS) is 15.2. The third-order valence-electron chi connectivity index (χ3n) is 3.80. The number of hydrogen-bond donors (Lipinski definition) is 0. The first-order chi connectivity index (χ1) is 13.5. The number of imide groups is 1. The molecule has 2 aromatic carbocycles. The molecule has 0 atom stereocenters. The standard InChI is InChI=1S/C21H18ClNO4S/c1-3-11-27-17-10-5-14(12-18(17)26-4-2)13-19-20(24)23(21(25)28-19)16-8-6-15(22)7-9-16/h3,5-10,12-13H,1,4,11H2,2H3/b19-13-. The Kier molecular flexibility index (Phi) is 6.44. The average molecular weight is 416 g/mol. The number of thioether (sulfide) groups is 1. The second-order valence-electron chi connectivity index (χ2n) is 5.73. The van der Waals surface area contributed by atoms with Crippen LogP contribution in [0.3, 0.4) is 0 Å². The molecule has 1 aliphatic heterocycles. The van der Waals surface area contributed by atoms with E-state index in [1.807, 2.05) is 6.92 Å². The van der Waals surface area contributed by atoms with Crippen LogP contribution in [0.2, 0.25) is 5.02 Å². The molecule has 5 nitrogen and oxygen atoms in total. The van der Waals surface area contributed by atoms with Gasteiger partial charge in [0, 0.05) is 5.02 Å². The average Bonchev–Trinajstić information content (AvgIpc) is 2.95. The molecular formula is C21H18ClNO4S. The third kappa shape index (κ3) is 4.40. The lowest BCUT2D eigenvalue weighted by atomic mass is 10.1. The van der Waals surface area contributed by atoms with Crippen molar-refractivity contribution >= 4 is 46.3 Å². The van der Waals surface area contributed by atoms with Gasteiger partial charge in [0.2, 0.25) is 0 Å². The van der Waals surface area contributed by atoms with E-state index in [4.69, 9.17) is 21.1 Å². The number of carbonyl (C=O) groups excluding carboxylic acids is 2. The maximum absolute atomic E-state index is 12.7. The summed E-state index contributed by atoms with van der Waals surface area (Å²) < 4.78 is 11.2. The van der Waals surface area contributed by atoms with E-state index >= 15 is 0 Å². The van der Waals surface area contributed by atoms with Gasteiger partial charge in [0.05, 0.1) is 17.2 Å². The summed E-state index contributed by atoms with van der Waals surface area (Å²) >= 11 is 6.77. The molecule has 144 valence electrons. The van der Waals surface area contributed by atoms with Crippen molar-refractivity contribution in [1.29, 1.82) is 0 Å². The lowest BCUT2D eigenvalue weighted by molar-refractivity contribution is -0.113. The van der Waals surface area contributed by atoms with E-state index in [1.54, 1.807) is 54.6 Å². The number of nitrogens with zero attached hydrogens (tertiary/aromatic N) is 1. The number of amides is 2. The van der Waals surface area contributed by atoms with Crippen LogP contribution in [-0.4, -0.2) is 24.4 Å². The Morgan fingerprint density at radius 3 is 2.54 bits per heavy atom. The first-order valence-corrected chi connectivity index (χ1v) is 9.77. The van der Waals surface area contributed by atoms with E-state index in [0.29, 0.717) is 40.3 Å². The van der Waals surface area contributed by atoms with Gasteiger partial charge in [-0.3, -0.25) is 9.59 Å². The highest BCUT2D eigenvalue weighted by Crippen LogP contribution is 2.37. The van der Waals surface area contributed by atoms with Gasteiger partial charge in [-0.2, -0.15) is 0 Å². The van der Waals surface area contributed by atoms with Crippen LogP contribution < -0.4 is 14.4 Å². The lowest BCUT2D eigenvalue weighted by Gasteiger charge is -2.12. The fourth-order valence-corrected chi connectivity index (χ4v) is 3.55. The molecule has 28 heavy (non-hydrogen) atoms. The minimum atomic E-state index is -0.373. The van der Waals surface area contributed by atoms with E-state index in [0.717, 1.165) is 22.2 Å². The molecule has 2 amide bonds. The third-order valence-corrected chi connectivity index (χ3v) is 4.92. The number of hydrogen-bond acceptors (Lipinski definition) is 5. The number of anilines is 1. The highest BCUT2D eigenvalue weighted by molar-refractivity contribution is 8.19. The summed E-state index contributed by atoms with van der Waals surface area (Å²) in [6.07, 6.45) is 3.32. The molecule has 0 unspecified atom stereocenters. The fraction of sp³-hybridized carbons (Fsp3) is 0.143. The van der Waals surface area contributed by atoms with Gasteiger partial charge in [-0.15, -0.1) is 0 Å². The molecule has 0 saturated carbocycles. The van der Waals surface area contributed by atoms with E-state index in [2.05, 4.69) is 6.58 Å². The first-order valence-electron chi connectivity index (χ1n) is 8.57. The summed E-state index contributed by atoms with van der Waals surface area (Å²) in [6, 6.07) is 11.9. The van der Waals surface area contributed by atoms with Gasteiger partial charge < -0.3 is 9.47 Å². The Morgan fingerprint density at radius 1 is 1.11 bits per heavy atom. The summed E-state index contributed by atoms with van der Waals surface area (Å²) in [6.45, 7) is 6.34. The summed E-state index contributed by atoms with van der Waals surface area (Å²) in [5.41, 5.74) is 1.22. The molecule has 0 spiro atoms. The van der Waals surface area contributed by atoms with Crippen molar-refractivity contribution in [3.05, 3.63) is 70.6 Å². The number of benzene rings is 2. The summed E-state index contributed by atoms with van der Waals surface area (Å²) in [4.78, 5) is 26.6. The monoisotopic (exact) mass is 415 g/mol. The van der Waals surface area contributed by atoms with Gasteiger partial charge in [-0.05, 0) is 66.7 Å². The first kappa shape index (κ1) is 20.0. The number of rotatable bonds is 7. The second kappa shape index (κ2) is 8.99. The van der Waals surface area contributed by atoms with Crippen molar-refractivity contribution in [3.63, 3.8) is 0 Å². The zero-order valence-corrected chi connectivity index (χ0v) is 16.8. The SMILES string of the molecule is C=CCOc1ccc(/C=C2\SC(=O)N(c3ccc(Cl)cc3)C2=O)cc1OCC. The quantitative estimate of drug-likeness (QED) is 0.438. The molecule has 0 bridgehead atoms. The predicted octanol–water partition coefficient (Wildman–Crippen LogP) is 5.54. The topological polar surface area (TPSA) is 55.8 Å². The van der Waals surface area contributed by atoms with E-state index in [-0.39, 0.29) is 11.1 Å². The van der Waals surface area contributed by atoms with Crippen LogP contribution >= 0.6 is 23.4 Å². The van der Waals surface area contributed by atoms with Gasteiger partial charge in [0.1, 0.15) is 6.61 Å². The van der Waals surface area contributed by atoms with Crippen LogP contribution in [0, 0.1) is 0 Å². The van der Waals surface area contributed by atoms with Crippen molar-refractivity contribution in [3.8, 4) is 11.5 Å². The van der Waals surface area contributed by atoms with Crippen molar-refractivity contribution < 1.29 is 19.1 Å². The van der Waals surface area contributed by atoms with Gasteiger partial charge in [-0.25, -0.2) is 4.90 Å². The minimum Gasteiger partial charge on any atom is -0.490 e. The zero-order chi connectivity index (χ0) is 20.1. The molecule has 1 fully saturated rings. The van der Waals surface area contributed by atoms with Crippen molar-refractivity contribution in [2.75, 3.05) is 18.1 Å². The summed E-state index contributed by atoms with van der Waals surface area (Å²) in [5.74, 6) is 0.783. The van der Waals surface area contributed by atoms with E-state index in [9.17, 15) is 9.59 Å². The highest BCUT2D eigenvalue weighted by atomic mass is 35.5. The van der Waals surface area contributed by atoms with Gasteiger partial charge in [0.15, 0.2) is 11.5 Å². The van der Waals surface area contributed by atoms with Crippen LogP contribution in [-0.2, 0) is 4.79 Å². The fourth-order valence-electron chi connectivity index (χ4n) is 2.58. The van der Waals surface area contributed by atoms with Crippen molar-refractivity contribution in [2.24, 2.45) is 0 Å². The summed E-state index contributed by atoms with van der Waals surface area (Å²) in [7, 11) is 0. The maximum atomic E-state index is 12.7. The predicted molar refractivity (Wildman–Crippen MR) is 113 cm³/mol. The van der Waals surface area contributed by atoms with E-state index < -0.39 is 0 Å². The molecule has 1 aliphatic rings. The van der Waals surface area contributed by atoms with Crippen LogP contribution in [0.4, 0.5) is 10.5 Å².